The normalized spacial score (nSPS) is 11.0. The van der Waals surface area contributed by atoms with Crippen LogP contribution in [0.3, 0.4) is 0 Å². The van der Waals surface area contributed by atoms with Gasteiger partial charge >= 0.3 is 0 Å². The molecule has 7 nitrogen and oxygen atoms in total. The van der Waals surface area contributed by atoms with Crippen LogP contribution in [0.25, 0.3) is 22.4 Å². The molecule has 0 saturated carbocycles. The molecule has 0 bridgehead atoms. The SMILES string of the molecule is CN(Cc1ccccc1)C(=O)Cn1cnc2onc(-c3ccc(Cl)cc3)c2c1=O. The topological polar surface area (TPSA) is 81.2 Å². The number of aromatic nitrogens is 3. The zero-order chi connectivity index (χ0) is 20.4. The first kappa shape index (κ1) is 18.9. The Morgan fingerprint density at radius 2 is 1.86 bits per heavy atom. The van der Waals surface area contributed by atoms with Crippen LogP contribution in [-0.2, 0) is 17.9 Å². The van der Waals surface area contributed by atoms with E-state index in [0.29, 0.717) is 22.8 Å². The van der Waals surface area contributed by atoms with Crippen LogP contribution >= 0.6 is 11.6 Å². The Hall–Kier alpha value is -3.45. The zero-order valence-corrected chi connectivity index (χ0v) is 16.3. The van der Waals surface area contributed by atoms with Gasteiger partial charge in [0.1, 0.15) is 24.0 Å². The smallest absolute Gasteiger partial charge is 0.267 e. The molecule has 2 aromatic carbocycles. The Balaban J connectivity index is 1.62. The quantitative estimate of drug-likeness (QED) is 0.505. The second-order valence-corrected chi connectivity index (χ2v) is 7.07. The molecule has 29 heavy (non-hydrogen) atoms. The lowest BCUT2D eigenvalue weighted by Gasteiger charge is -2.17. The van der Waals surface area contributed by atoms with Gasteiger partial charge in [0, 0.05) is 24.2 Å². The molecule has 2 heterocycles. The lowest BCUT2D eigenvalue weighted by molar-refractivity contribution is -0.131. The van der Waals surface area contributed by atoms with E-state index in [1.54, 1.807) is 36.2 Å². The van der Waals surface area contributed by atoms with Gasteiger partial charge in [-0.05, 0) is 17.7 Å². The van der Waals surface area contributed by atoms with E-state index in [1.165, 1.54) is 10.9 Å². The van der Waals surface area contributed by atoms with Crippen molar-refractivity contribution in [2.75, 3.05) is 7.05 Å². The summed E-state index contributed by atoms with van der Waals surface area (Å²) >= 11 is 5.93. The van der Waals surface area contributed by atoms with Crippen molar-refractivity contribution in [2.45, 2.75) is 13.1 Å². The van der Waals surface area contributed by atoms with Crippen LogP contribution in [-0.4, -0.2) is 32.6 Å². The van der Waals surface area contributed by atoms with Crippen molar-refractivity contribution in [3.8, 4) is 11.3 Å². The van der Waals surface area contributed by atoms with E-state index in [2.05, 4.69) is 10.1 Å². The molecule has 4 rings (SSSR count). The van der Waals surface area contributed by atoms with Gasteiger partial charge in [0.05, 0.1) is 0 Å². The third-order valence-corrected chi connectivity index (χ3v) is 4.83. The van der Waals surface area contributed by atoms with Crippen molar-refractivity contribution in [3.63, 3.8) is 0 Å². The fourth-order valence-electron chi connectivity index (χ4n) is 3.01. The average Bonchev–Trinajstić information content (AvgIpc) is 3.16. The van der Waals surface area contributed by atoms with Crippen LogP contribution in [0.15, 0.2) is 70.2 Å². The van der Waals surface area contributed by atoms with E-state index >= 15 is 0 Å². The average molecular weight is 409 g/mol. The van der Waals surface area contributed by atoms with Crippen LogP contribution in [0.5, 0.6) is 0 Å². The number of halogens is 1. The van der Waals surface area contributed by atoms with E-state index in [0.717, 1.165) is 5.56 Å². The molecule has 146 valence electrons. The molecule has 0 atom stereocenters. The van der Waals surface area contributed by atoms with Crippen LogP contribution < -0.4 is 5.56 Å². The van der Waals surface area contributed by atoms with Gasteiger partial charge in [-0.15, -0.1) is 0 Å². The Kier molecular flexibility index (Phi) is 5.14. The molecule has 0 saturated heterocycles. The summed E-state index contributed by atoms with van der Waals surface area (Å²) in [6.07, 6.45) is 1.30. The van der Waals surface area contributed by atoms with Gasteiger partial charge in [-0.1, -0.05) is 59.2 Å². The number of hydrogen-bond acceptors (Lipinski definition) is 5. The lowest BCUT2D eigenvalue weighted by Crippen LogP contribution is -2.33. The Bertz CT molecular complexity index is 1220. The molecule has 1 amide bonds. The number of carbonyl (C=O) groups excluding carboxylic acids is 1. The summed E-state index contributed by atoms with van der Waals surface area (Å²) in [4.78, 5) is 31.3. The van der Waals surface area contributed by atoms with E-state index < -0.39 is 0 Å². The standard InChI is InChI=1S/C21H17ClN4O3/c1-25(11-14-5-3-2-4-6-14)17(27)12-26-13-23-20-18(21(26)28)19(24-29-20)15-7-9-16(22)10-8-15/h2-10,13H,11-12H2,1H3. The van der Waals surface area contributed by atoms with Crippen molar-refractivity contribution < 1.29 is 9.32 Å². The van der Waals surface area contributed by atoms with Crippen molar-refractivity contribution in [3.05, 3.63) is 81.9 Å². The second kappa shape index (κ2) is 7.89. The van der Waals surface area contributed by atoms with Gasteiger partial charge in [0.2, 0.25) is 5.91 Å². The number of amides is 1. The van der Waals surface area contributed by atoms with E-state index in [4.69, 9.17) is 16.1 Å². The molecule has 4 aromatic rings. The highest BCUT2D eigenvalue weighted by molar-refractivity contribution is 6.30. The molecular weight excluding hydrogens is 392 g/mol. The predicted octanol–water partition coefficient (Wildman–Crippen LogP) is 3.36. The summed E-state index contributed by atoms with van der Waals surface area (Å²) in [5.41, 5.74) is 1.79. The minimum atomic E-state index is -0.386. The summed E-state index contributed by atoms with van der Waals surface area (Å²) in [7, 11) is 1.70. The highest BCUT2D eigenvalue weighted by atomic mass is 35.5. The van der Waals surface area contributed by atoms with Gasteiger partial charge in [-0.3, -0.25) is 14.2 Å². The highest BCUT2D eigenvalue weighted by Gasteiger charge is 2.19. The Morgan fingerprint density at radius 3 is 2.59 bits per heavy atom. The summed E-state index contributed by atoms with van der Waals surface area (Å²) in [5.74, 6) is -0.207. The first-order valence-electron chi connectivity index (χ1n) is 8.91. The maximum Gasteiger partial charge on any atom is 0.267 e. The maximum atomic E-state index is 13.0. The number of likely N-dealkylation sites (N-methyl/N-ethyl adjacent to an activating group) is 1. The highest BCUT2D eigenvalue weighted by Crippen LogP contribution is 2.25. The van der Waals surface area contributed by atoms with Gasteiger partial charge < -0.3 is 9.42 Å². The van der Waals surface area contributed by atoms with Crippen LogP contribution in [0, 0.1) is 0 Å². The van der Waals surface area contributed by atoms with Crippen molar-refractivity contribution in [1.82, 2.24) is 19.6 Å². The number of benzene rings is 2. The minimum absolute atomic E-state index is 0.126. The van der Waals surface area contributed by atoms with Crippen LogP contribution in [0.2, 0.25) is 5.02 Å². The van der Waals surface area contributed by atoms with Crippen LogP contribution in [0.4, 0.5) is 0 Å². The molecule has 0 spiro atoms. The third kappa shape index (κ3) is 3.90. The number of rotatable bonds is 5. The number of nitrogens with zero attached hydrogens (tertiary/aromatic N) is 4. The van der Waals surface area contributed by atoms with Crippen LogP contribution in [0.1, 0.15) is 5.56 Å². The molecule has 0 N–H and O–H groups in total. The molecule has 0 aliphatic rings. The molecular formula is C21H17ClN4O3. The molecule has 8 heteroatoms. The number of fused-ring (bicyclic) bond motifs is 1. The number of hydrogen-bond donors (Lipinski definition) is 0. The fraction of sp³-hybridized carbons (Fsp3) is 0.143. The Labute approximate surface area is 171 Å². The molecule has 0 aliphatic heterocycles. The first-order chi connectivity index (χ1) is 14.0. The zero-order valence-electron chi connectivity index (χ0n) is 15.6. The maximum absolute atomic E-state index is 13.0. The third-order valence-electron chi connectivity index (χ3n) is 4.57. The summed E-state index contributed by atoms with van der Waals surface area (Å²) < 4.78 is 6.46. The lowest BCUT2D eigenvalue weighted by atomic mass is 10.1. The summed E-state index contributed by atoms with van der Waals surface area (Å²) in [5, 5.41) is 4.78. The molecule has 0 fully saturated rings. The van der Waals surface area contributed by atoms with Gasteiger partial charge in [0.15, 0.2) is 0 Å². The predicted molar refractivity (Wildman–Crippen MR) is 109 cm³/mol. The minimum Gasteiger partial charge on any atom is -0.340 e. The molecule has 0 aliphatic carbocycles. The number of carbonyl (C=O) groups is 1. The molecule has 2 aromatic heterocycles. The molecule has 0 unspecified atom stereocenters. The van der Waals surface area contributed by atoms with Gasteiger partial charge in [0.25, 0.3) is 11.3 Å². The summed E-state index contributed by atoms with van der Waals surface area (Å²) in [6.45, 7) is 0.323. The fourth-order valence-corrected chi connectivity index (χ4v) is 3.14. The first-order valence-corrected chi connectivity index (χ1v) is 9.29. The monoisotopic (exact) mass is 408 g/mol. The van der Waals surface area contributed by atoms with Gasteiger partial charge in [-0.25, -0.2) is 4.98 Å². The van der Waals surface area contributed by atoms with Crippen molar-refractivity contribution in [2.24, 2.45) is 0 Å². The van der Waals surface area contributed by atoms with Crippen molar-refractivity contribution in [1.29, 1.82) is 0 Å². The summed E-state index contributed by atoms with van der Waals surface area (Å²) in [6, 6.07) is 16.5. The van der Waals surface area contributed by atoms with E-state index in [-0.39, 0.29) is 29.1 Å². The molecule has 0 radical (unpaired) electrons. The van der Waals surface area contributed by atoms with Crippen molar-refractivity contribution >= 4 is 28.6 Å². The van der Waals surface area contributed by atoms with Gasteiger partial charge in [-0.2, -0.15) is 0 Å². The van der Waals surface area contributed by atoms with E-state index in [9.17, 15) is 9.59 Å². The Morgan fingerprint density at radius 1 is 1.14 bits per heavy atom. The van der Waals surface area contributed by atoms with E-state index in [1.807, 2.05) is 30.3 Å². The second-order valence-electron chi connectivity index (χ2n) is 6.63. The largest absolute Gasteiger partial charge is 0.340 e.